The van der Waals surface area contributed by atoms with Crippen molar-refractivity contribution >= 4 is 5.78 Å². The maximum absolute atomic E-state index is 12.2. The van der Waals surface area contributed by atoms with Gasteiger partial charge in [-0.05, 0) is 92.8 Å². The number of Topliss-reactive ketones (excluding diaryl/α,β-unsaturated/α-hetero) is 1. The zero-order chi connectivity index (χ0) is 17.3. The van der Waals surface area contributed by atoms with Crippen LogP contribution in [0.4, 0.5) is 0 Å². The molecule has 0 aliphatic heterocycles. The molecule has 3 nitrogen and oxygen atoms in total. The van der Waals surface area contributed by atoms with Crippen LogP contribution in [0.15, 0.2) is 0 Å². The Morgan fingerprint density at radius 2 is 1.75 bits per heavy atom. The van der Waals surface area contributed by atoms with E-state index in [2.05, 4.69) is 13.8 Å². The Morgan fingerprint density at radius 3 is 2.46 bits per heavy atom. The van der Waals surface area contributed by atoms with E-state index in [1.165, 1.54) is 12.8 Å². The Balaban J connectivity index is 1.67. The molecule has 3 unspecified atom stereocenters. The molecule has 0 saturated heterocycles. The molecule has 4 saturated carbocycles. The van der Waals surface area contributed by atoms with Gasteiger partial charge in [0.05, 0.1) is 12.2 Å². The third-order valence-corrected chi connectivity index (χ3v) is 9.06. The van der Waals surface area contributed by atoms with Crippen LogP contribution in [0, 0.1) is 40.4 Å². The maximum Gasteiger partial charge on any atom is 0.133 e. The summed E-state index contributed by atoms with van der Waals surface area (Å²) in [5, 5.41) is 21.3. The third kappa shape index (κ3) is 2.19. The van der Waals surface area contributed by atoms with E-state index < -0.39 is 0 Å². The van der Waals surface area contributed by atoms with Crippen LogP contribution < -0.4 is 0 Å². The van der Waals surface area contributed by atoms with Crippen LogP contribution in [-0.2, 0) is 4.79 Å². The summed E-state index contributed by atoms with van der Waals surface area (Å²) in [7, 11) is 0. The predicted octanol–water partition coefficient (Wildman–Crippen LogP) is 3.57. The van der Waals surface area contributed by atoms with Crippen molar-refractivity contribution < 1.29 is 15.0 Å². The van der Waals surface area contributed by atoms with Crippen molar-refractivity contribution in [1.82, 2.24) is 0 Å². The summed E-state index contributed by atoms with van der Waals surface area (Å²) >= 11 is 0. The zero-order valence-electron chi connectivity index (χ0n) is 15.5. The monoisotopic (exact) mass is 334 g/mol. The first-order valence-electron chi connectivity index (χ1n) is 10.1. The van der Waals surface area contributed by atoms with Crippen molar-refractivity contribution in [2.75, 3.05) is 0 Å². The fourth-order valence-corrected chi connectivity index (χ4v) is 8.03. The van der Waals surface area contributed by atoms with Gasteiger partial charge in [-0.25, -0.2) is 0 Å². The Bertz CT molecular complexity index is 531. The predicted molar refractivity (Wildman–Crippen MR) is 93.3 cm³/mol. The Morgan fingerprint density at radius 1 is 1.00 bits per heavy atom. The Kier molecular flexibility index (Phi) is 3.93. The molecule has 4 aliphatic rings. The van der Waals surface area contributed by atoms with Crippen LogP contribution in [0.3, 0.4) is 0 Å². The van der Waals surface area contributed by atoms with E-state index in [4.69, 9.17) is 0 Å². The van der Waals surface area contributed by atoms with Crippen molar-refractivity contribution in [2.45, 2.75) is 84.3 Å². The van der Waals surface area contributed by atoms with Gasteiger partial charge in [0.15, 0.2) is 0 Å². The number of rotatable bonds is 1. The van der Waals surface area contributed by atoms with Crippen LogP contribution in [0.1, 0.15) is 72.1 Å². The van der Waals surface area contributed by atoms with E-state index in [0.717, 1.165) is 38.5 Å². The fraction of sp³-hybridized carbons (Fsp3) is 0.952. The summed E-state index contributed by atoms with van der Waals surface area (Å²) in [6.45, 7) is 6.43. The van der Waals surface area contributed by atoms with Gasteiger partial charge in [-0.1, -0.05) is 13.8 Å². The largest absolute Gasteiger partial charge is 0.393 e. The van der Waals surface area contributed by atoms with Gasteiger partial charge in [0, 0.05) is 5.92 Å². The molecule has 24 heavy (non-hydrogen) atoms. The highest BCUT2D eigenvalue weighted by Gasteiger charge is 2.63. The molecule has 4 fully saturated rings. The van der Waals surface area contributed by atoms with E-state index in [1.807, 2.05) is 0 Å². The number of carbonyl (C=O) groups excluding carboxylic acids is 1. The lowest BCUT2D eigenvalue weighted by Crippen LogP contribution is -2.59. The highest BCUT2D eigenvalue weighted by molar-refractivity contribution is 5.79. The van der Waals surface area contributed by atoms with Crippen LogP contribution in [0.25, 0.3) is 0 Å². The standard InChI is InChI=1S/C21H34O3/c1-12(22)16-6-7-17-15-5-4-13-10-14(23)8-9-20(13,2)19(15)18(24)11-21(16,17)3/h13-19,23-24H,4-11H2,1-3H3/t13?,14?,15-,16+,17-,18?,19+,20-,21+/m0/s1. The second-order valence-corrected chi connectivity index (χ2v) is 10.0. The van der Waals surface area contributed by atoms with E-state index in [0.29, 0.717) is 29.5 Å². The zero-order valence-corrected chi connectivity index (χ0v) is 15.5. The number of carbonyl (C=O) groups is 1. The molecule has 4 rings (SSSR count). The van der Waals surface area contributed by atoms with E-state index in [1.54, 1.807) is 6.92 Å². The quantitative estimate of drug-likeness (QED) is 0.771. The molecule has 0 aromatic rings. The van der Waals surface area contributed by atoms with Gasteiger partial charge >= 0.3 is 0 Å². The topological polar surface area (TPSA) is 57.5 Å². The minimum atomic E-state index is -0.278. The van der Waals surface area contributed by atoms with Crippen molar-refractivity contribution in [1.29, 1.82) is 0 Å². The summed E-state index contributed by atoms with van der Waals surface area (Å²) in [6, 6.07) is 0. The number of aliphatic hydroxyl groups excluding tert-OH is 2. The number of hydrogen-bond acceptors (Lipinski definition) is 3. The summed E-state index contributed by atoms with van der Waals surface area (Å²) in [5.41, 5.74) is 0.182. The summed E-state index contributed by atoms with van der Waals surface area (Å²) < 4.78 is 0. The lowest BCUT2D eigenvalue weighted by Gasteiger charge is -2.62. The maximum atomic E-state index is 12.2. The van der Waals surface area contributed by atoms with Crippen molar-refractivity contribution in [3.63, 3.8) is 0 Å². The van der Waals surface area contributed by atoms with Crippen molar-refractivity contribution in [3.8, 4) is 0 Å². The number of hydrogen-bond donors (Lipinski definition) is 2. The molecule has 2 N–H and O–H groups in total. The molecule has 0 aromatic carbocycles. The number of aliphatic hydroxyl groups is 2. The Hall–Kier alpha value is -0.410. The summed E-state index contributed by atoms with van der Waals surface area (Å²) in [6.07, 6.45) is 7.80. The van der Waals surface area contributed by atoms with Crippen LogP contribution in [-0.4, -0.2) is 28.2 Å². The summed E-state index contributed by atoms with van der Waals surface area (Å²) in [5.74, 6) is 2.58. The molecule has 3 heteroatoms. The molecule has 0 amide bonds. The highest BCUT2D eigenvalue weighted by Crippen LogP contribution is 2.67. The van der Waals surface area contributed by atoms with Crippen molar-refractivity contribution in [2.24, 2.45) is 40.4 Å². The third-order valence-electron chi connectivity index (χ3n) is 9.06. The first kappa shape index (κ1) is 17.0. The molecule has 0 heterocycles. The van der Waals surface area contributed by atoms with Gasteiger partial charge in [-0.2, -0.15) is 0 Å². The van der Waals surface area contributed by atoms with Crippen LogP contribution in [0.5, 0.6) is 0 Å². The van der Waals surface area contributed by atoms with E-state index in [-0.39, 0.29) is 29.0 Å². The van der Waals surface area contributed by atoms with Gasteiger partial charge in [-0.3, -0.25) is 4.79 Å². The van der Waals surface area contributed by atoms with Crippen LogP contribution in [0.2, 0.25) is 0 Å². The van der Waals surface area contributed by atoms with E-state index in [9.17, 15) is 15.0 Å². The Labute approximate surface area is 146 Å². The molecule has 136 valence electrons. The molecule has 0 spiro atoms. The van der Waals surface area contributed by atoms with Gasteiger partial charge in [-0.15, -0.1) is 0 Å². The summed E-state index contributed by atoms with van der Waals surface area (Å²) in [4.78, 5) is 12.2. The van der Waals surface area contributed by atoms with E-state index >= 15 is 0 Å². The molecule has 0 aromatic heterocycles. The normalized spacial score (nSPS) is 57.0. The molecule has 0 bridgehead atoms. The molecule has 4 aliphatic carbocycles. The van der Waals surface area contributed by atoms with Gasteiger partial charge < -0.3 is 10.2 Å². The average molecular weight is 335 g/mol. The molecular formula is C21H34O3. The van der Waals surface area contributed by atoms with Gasteiger partial charge in [0.2, 0.25) is 0 Å². The second-order valence-electron chi connectivity index (χ2n) is 10.0. The fourth-order valence-electron chi connectivity index (χ4n) is 8.03. The second kappa shape index (κ2) is 5.54. The average Bonchev–Trinajstić information content (AvgIpc) is 2.84. The van der Waals surface area contributed by atoms with Gasteiger partial charge in [0.25, 0.3) is 0 Å². The van der Waals surface area contributed by atoms with Gasteiger partial charge in [0.1, 0.15) is 5.78 Å². The first-order chi connectivity index (χ1) is 11.3. The molecule has 0 radical (unpaired) electrons. The van der Waals surface area contributed by atoms with Crippen molar-refractivity contribution in [3.05, 3.63) is 0 Å². The minimum absolute atomic E-state index is 0.00376. The lowest BCUT2D eigenvalue weighted by molar-refractivity contribution is -0.178. The van der Waals surface area contributed by atoms with Crippen LogP contribution >= 0.6 is 0 Å². The first-order valence-corrected chi connectivity index (χ1v) is 10.1. The molecular weight excluding hydrogens is 300 g/mol. The number of fused-ring (bicyclic) bond motifs is 5. The SMILES string of the molecule is CC(=O)[C@H]1CC[C@H]2[C@@H]3CCC4CC(O)CC[C@]4(C)[C@H]3C(O)C[C@]12C. The number of ketones is 1. The minimum Gasteiger partial charge on any atom is -0.393 e. The highest BCUT2D eigenvalue weighted by atomic mass is 16.3. The molecule has 9 atom stereocenters. The smallest absolute Gasteiger partial charge is 0.133 e. The lowest BCUT2D eigenvalue weighted by atomic mass is 9.44.